The highest BCUT2D eigenvalue weighted by Crippen LogP contribution is 2.58. The van der Waals surface area contributed by atoms with Crippen LogP contribution < -0.4 is 0 Å². The van der Waals surface area contributed by atoms with E-state index < -0.39 is 7.52 Å². The van der Waals surface area contributed by atoms with Gasteiger partial charge in [0.2, 0.25) is 0 Å². The largest absolute Gasteiger partial charge is 0.314 e. The monoisotopic (exact) mass is 267 g/mol. The van der Waals surface area contributed by atoms with Gasteiger partial charge in [0, 0.05) is 12.6 Å². The molecule has 1 aromatic carbocycles. The van der Waals surface area contributed by atoms with Gasteiger partial charge in [0.05, 0.1) is 12.3 Å². The molecule has 0 aromatic heterocycles. The maximum atomic E-state index is 13.1. The summed E-state index contributed by atoms with van der Waals surface area (Å²) >= 11 is 0. The fourth-order valence-corrected chi connectivity index (χ4v) is 5.25. The van der Waals surface area contributed by atoms with E-state index in [0.29, 0.717) is 6.16 Å². The van der Waals surface area contributed by atoms with Gasteiger partial charge in [0.15, 0.2) is 0 Å². The molecule has 2 rings (SSSR count). The molecular formula is C14H22NO2P. The molecule has 1 fully saturated rings. The first kappa shape index (κ1) is 13.8. The zero-order valence-electron chi connectivity index (χ0n) is 11.4. The number of rotatable bonds is 3. The van der Waals surface area contributed by atoms with Crippen molar-refractivity contribution in [3.8, 4) is 0 Å². The fourth-order valence-electron chi connectivity index (χ4n) is 2.41. The van der Waals surface area contributed by atoms with Crippen molar-refractivity contribution in [3.63, 3.8) is 0 Å². The molecule has 1 aliphatic rings. The normalized spacial score (nSPS) is 29.7. The molecule has 0 saturated carbocycles. The number of hydrogen-bond donors (Lipinski definition) is 0. The van der Waals surface area contributed by atoms with Gasteiger partial charge >= 0.3 is 0 Å². The van der Waals surface area contributed by atoms with Crippen molar-refractivity contribution in [2.75, 3.05) is 6.54 Å². The Labute approximate surface area is 110 Å². The van der Waals surface area contributed by atoms with E-state index in [1.54, 1.807) is 0 Å². The van der Waals surface area contributed by atoms with Crippen molar-refractivity contribution in [1.29, 1.82) is 0 Å². The standard InChI is InChI=1S/C14H22NO2P/c1-12(2)15-10-9-13(3)17-18(15,16)11-14-7-5-4-6-8-14/h4-8,12-13H,9-11H2,1-3H3/t13-,18-/m0/s1. The van der Waals surface area contributed by atoms with Gasteiger partial charge < -0.3 is 4.52 Å². The second-order valence-electron chi connectivity index (χ2n) is 5.24. The van der Waals surface area contributed by atoms with E-state index in [0.717, 1.165) is 18.5 Å². The fraction of sp³-hybridized carbons (Fsp3) is 0.571. The van der Waals surface area contributed by atoms with Crippen molar-refractivity contribution in [1.82, 2.24) is 4.67 Å². The van der Waals surface area contributed by atoms with Crippen LogP contribution in [-0.2, 0) is 15.3 Å². The highest BCUT2D eigenvalue weighted by atomic mass is 31.2. The molecule has 4 heteroatoms. The molecule has 0 N–H and O–H groups in total. The Hall–Kier alpha value is -0.630. The molecule has 1 aromatic rings. The molecule has 1 heterocycles. The molecule has 2 atom stereocenters. The molecule has 0 bridgehead atoms. The van der Waals surface area contributed by atoms with Gasteiger partial charge in [-0.2, -0.15) is 0 Å². The van der Waals surface area contributed by atoms with Gasteiger partial charge in [0.25, 0.3) is 7.52 Å². The van der Waals surface area contributed by atoms with Crippen molar-refractivity contribution < 1.29 is 9.09 Å². The van der Waals surface area contributed by atoms with E-state index in [1.165, 1.54) is 0 Å². The molecule has 18 heavy (non-hydrogen) atoms. The lowest BCUT2D eigenvalue weighted by Gasteiger charge is -2.40. The highest BCUT2D eigenvalue weighted by Gasteiger charge is 2.39. The molecular weight excluding hydrogens is 245 g/mol. The first-order valence-corrected chi connectivity index (χ1v) is 8.36. The summed E-state index contributed by atoms with van der Waals surface area (Å²) in [6, 6.07) is 10.2. The second-order valence-corrected chi connectivity index (χ2v) is 7.56. The van der Waals surface area contributed by atoms with Gasteiger partial charge in [0.1, 0.15) is 0 Å². The Morgan fingerprint density at radius 2 is 2.06 bits per heavy atom. The molecule has 0 radical (unpaired) electrons. The lowest BCUT2D eigenvalue weighted by atomic mass is 10.2. The molecule has 0 amide bonds. The van der Waals surface area contributed by atoms with E-state index in [4.69, 9.17) is 4.52 Å². The van der Waals surface area contributed by atoms with Crippen LogP contribution in [0.1, 0.15) is 32.8 Å². The quantitative estimate of drug-likeness (QED) is 0.778. The van der Waals surface area contributed by atoms with Gasteiger partial charge in [-0.1, -0.05) is 30.3 Å². The van der Waals surface area contributed by atoms with E-state index in [9.17, 15) is 4.57 Å². The van der Waals surface area contributed by atoms with Crippen LogP contribution in [0.3, 0.4) is 0 Å². The molecule has 0 unspecified atom stereocenters. The lowest BCUT2D eigenvalue weighted by molar-refractivity contribution is 0.127. The van der Waals surface area contributed by atoms with Crippen molar-refractivity contribution >= 4 is 7.52 Å². The average Bonchev–Trinajstić information content (AvgIpc) is 2.28. The van der Waals surface area contributed by atoms with Crippen LogP contribution in [0.25, 0.3) is 0 Å². The maximum absolute atomic E-state index is 13.1. The molecule has 1 aliphatic heterocycles. The van der Waals surface area contributed by atoms with E-state index in [-0.39, 0.29) is 12.1 Å². The summed E-state index contributed by atoms with van der Waals surface area (Å²) in [7, 11) is -2.72. The molecule has 100 valence electrons. The predicted octanol–water partition coefficient (Wildman–Crippen LogP) is 3.90. The van der Waals surface area contributed by atoms with Gasteiger partial charge in [-0.25, -0.2) is 4.67 Å². The highest BCUT2D eigenvalue weighted by molar-refractivity contribution is 7.55. The van der Waals surface area contributed by atoms with Crippen LogP contribution in [0, 0.1) is 0 Å². The summed E-state index contributed by atoms with van der Waals surface area (Å²) in [4.78, 5) is 0. The minimum Gasteiger partial charge on any atom is -0.314 e. The first-order chi connectivity index (χ1) is 8.51. The number of benzene rings is 1. The Morgan fingerprint density at radius 1 is 1.39 bits per heavy atom. The van der Waals surface area contributed by atoms with Crippen molar-refractivity contribution in [3.05, 3.63) is 35.9 Å². The number of hydrogen-bond acceptors (Lipinski definition) is 2. The lowest BCUT2D eigenvalue weighted by Crippen LogP contribution is -2.37. The first-order valence-electron chi connectivity index (χ1n) is 6.60. The predicted molar refractivity (Wildman–Crippen MR) is 74.8 cm³/mol. The molecule has 3 nitrogen and oxygen atoms in total. The minimum atomic E-state index is -2.72. The summed E-state index contributed by atoms with van der Waals surface area (Å²) in [6.45, 7) is 7.03. The van der Waals surface area contributed by atoms with Crippen LogP contribution >= 0.6 is 7.52 Å². The zero-order chi connectivity index (χ0) is 13.2. The summed E-state index contributed by atoms with van der Waals surface area (Å²) in [5.41, 5.74) is 1.08. The van der Waals surface area contributed by atoms with E-state index >= 15 is 0 Å². The van der Waals surface area contributed by atoms with Crippen LogP contribution in [0.2, 0.25) is 0 Å². The Kier molecular flexibility index (Phi) is 4.26. The van der Waals surface area contributed by atoms with Gasteiger partial charge in [-0.05, 0) is 32.8 Å². The maximum Gasteiger partial charge on any atom is 0.277 e. The second kappa shape index (κ2) is 5.56. The number of nitrogens with zero attached hydrogens (tertiary/aromatic N) is 1. The SMILES string of the molecule is CC(C)N1CC[C@H](C)O[P@@]1(=O)Cc1ccccc1. The molecule has 1 saturated heterocycles. The molecule has 0 aliphatic carbocycles. The summed E-state index contributed by atoms with van der Waals surface area (Å²) in [5, 5.41) is 0. The van der Waals surface area contributed by atoms with Crippen LogP contribution in [-0.4, -0.2) is 23.4 Å². The third-order valence-corrected chi connectivity index (χ3v) is 6.22. The van der Waals surface area contributed by atoms with Crippen molar-refractivity contribution in [2.45, 2.75) is 45.5 Å². The third kappa shape index (κ3) is 3.03. The minimum absolute atomic E-state index is 0.0922. The Balaban J connectivity index is 2.22. The van der Waals surface area contributed by atoms with Crippen molar-refractivity contribution in [2.24, 2.45) is 0 Å². The third-order valence-electron chi connectivity index (χ3n) is 3.32. The smallest absolute Gasteiger partial charge is 0.277 e. The molecule has 0 spiro atoms. The summed E-state index contributed by atoms with van der Waals surface area (Å²) < 4.78 is 21.0. The Bertz CT molecular complexity index is 433. The van der Waals surface area contributed by atoms with E-state index in [2.05, 4.69) is 13.8 Å². The van der Waals surface area contributed by atoms with Crippen LogP contribution in [0.15, 0.2) is 30.3 Å². The van der Waals surface area contributed by atoms with Gasteiger partial charge in [-0.3, -0.25) is 4.57 Å². The van der Waals surface area contributed by atoms with Crippen LogP contribution in [0.5, 0.6) is 0 Å². The topological polar surface area (TPSA) is 29.5 Å². The van der Waals surface area contributed by atoms with E-state index in [1.807, 2.05) is 41.9 Å². The van der Waals surface area contributed by atoms with Crippen LogP contribution in [0.4, 0.5) is 0 Å². The summed E-state index contributed by atoms with van der Waals surface area (Å²) in [6.07, 6.45) is 1.56. The zero-order valence-corrected chi connectivity index (χ0v) is 12.3. The summed E-state index contributed by atoms with van der Waals surface area (Å²) in [5.74, 6) is 0. The Morgan fingerprint density at radius 3 is 2.67 bits per heavy atom. The van der Waals surface area contributed by atoms with Gasteiger partial charge in [-0.15, -0.1) is 0 Å². The average molecular weight is 267 g/mol.